The van der Waals surface area contributed by atoms with E-state index in [0.717, 1.165) is 48.0 Å². The zero-order chi connectivity index (χ0) is 32.1. The monoisotopic (exact) mass is 674 g/mol. The largest absolute Gasteiger partial charge is 1.00 e. The number of aryl methyl sites for hydroxylation is 2. The summed E-state index contributed by atoms with van der Waals surface area (Å²) >= 11 is 2.64. The Labute approximate surface area is 302 Å². The number of hydrogen-bond donors (Lipinski definition) is 1. The molecular formula is C37H31NaO7S2. The summed E-state index contributed by atoms with van der Waals surface area (Å²) in [5.41, 5.74) is 5.41. The summed E-state index contributed by atoms with van der Waals surface area (Å²) < 4.78 is 6.68. The molecule has 0 amide bonds. The van der Waals surface area contributed by atoms with Gasteiger partial charge < -0.3 is 15.3 Å². The second-order valence-corrected chi connectivity index (χ2v) is 12.9. The van der Waals surface area contributed by atoms with E-state index in [4.69, 9.17) is 9.84 Å². The van der Waals surface area contributed by atoms with Gasteiger partial charge in [-0.3, -0.25) is 9.59 Å². The van der Waals surface area contributed by atoms with E-state index in [1.807, 2.05) is 105 Å². The van der Waals surface area contributed by atoms with Gasteiger partial charge in [0.25, 0.3) is 0 Å². The van der Waals surface area contributed by atoms with Crippen molar-refractivity contribution < 1.29 is 64.1 Å². The van der Waals surface area contributed by atoms with Gasteiger partial charge in [-0.15, -0.1) is 22.7 Å². The van der Waals surface area contributed by atoms with Gasteiger partial charge in [-0.05, 0) is 84.3 Å². The van der Waals surface area contributed by atoms with E-state index >= 15 is 0 Å². The number of ketones is 2. The summed E-state index contributed by atoms with van der Waals surface area (Å²) in [7, 11) is 1.37. The van der Waals surface area contributed by atoms with Gasteiger partial charge in [-0.25, -0.2) is 9.59 Å². The normalized spacial score (nSPS) is 10.3. The smallest absolute Gasteiger partial charge is 0.870 e. The molecule has 0 aliphatic carbocycles. The van der Waals surface area contributed by atoms with Crippen molar-refractivity contribution in [3.8, 4) is 0 Å². The van der Waals surface area contributed by atoms with E-state index in [2.05, 4.69) is 0 Å². The van der Waals surface area contributed by atoms with Crippen molar-refractivity contribution in [3.05, 3.63) is 140 Å². The summed E-state index contributed by atoms with van der Waals surface area (Å²) in [5, 5.41) is 10.9. The Morgan fingerprint density at radius 1 is 0.638 bits per heavy atom. The van der Waals surface area contributed by atoms with Gasteiger partial charge in [-0.2, -0.15) is 0 Å². The zero-order valence-corrected chi connectivity index (χ0v) is 30.0. The number of ether oxygens (including phenoxy) is 1. The molecule has 0 aliphatic rings. The van der Waals surface area contributed by atoms with Gasteiger partial charge in [0.05, 0.1) is 7.11 Å². The molecule has 2 heterocycles. The number of carboxylic acid groups (broad SMARTS) is 1. The molecule has 0 unspecified atom stereocenters. The molecule has 0 radical (unpaired) electrons. The molecule has 234 valence electrons. The second kappa shape index (κ2) is 16.7. The Morgan fingerprint density at radius 2 is 1.09 bits per heavy atom. The fraction of sp³-hybridized carbons (Fsp3) is 0.135. The Balaban J connectivity index is 0.000000245. The van der Waals surface area contributed by atoms with Crippen molar-refractivity contribution >= 4 is 66.4 Å². The van der Waals surface area contributed by atoms with E-state index in [0.29, 0.717) is 28.2 Å². The number of fused-ring (bicyclic) bond motifs is 2. The van der Waals surface area contributed by atoms with E-state index in [1.54, 1.807) is 6.07 Å². The van der Waals surface area contributed by atoms with Crippen LogP contribution in [-0.2, 0) is 17.6 Å². The molecule has 0 saturated heterocycles. The molecule has 0 saturated carbocycles. The van der Waals surface area contributed by atoms with Gasteiger partial charge in [-0.1, -0.05) is 59.7 Å². The number of benzene rings is 4. The summed E-state index contributed by atoms with van der Waals surface area (Å²) in [4.78, 5) is 48.2. The summed E-state index contributed by atoms with van der Waals surface area (Å²) in [5.74, 6) is -1.09. The van der Waals surface area contributed by atoms with Crippen molar-refractivity contribution in [2.45, 2.75) is 26.7 Å². The van der Waals surface area contributed by atoms with E-state index < -0.39 is 5.97 Å². The van der Waals surface area contributed by atoms with Crippen LogP contribution in [0.2, 0.25) is 0 Å². The summed E-state index contributed by atoms with van der Waals surface area (Å²) in [6.07, 6.45) is 0.667. The fourth-order valence-electron chi connectivity index (χ4n) is 4.92. The SMILES string of the molecule is COC(=O)c1cc2cc(CC(=O)c3cccc(C)c3)ccc2s1.Cc1cccc(C(=O)Cc2ccc3sc(C(=O)O)cc3c2)c1.[Na+].[OH-]. The first-order valence-corrected chi connectivity index (χ1v) is 15.8. The standard InChI is InChI=1S/C19H16O3S.C18H14O3S.Na.H2O/c1-12-4-3-5-14(8-12)16(20)10-13-6-7-17-15(9-13)11-18(23-17)19(21)22-2;1-11-3-2-4-13(7-11)15(19)9-12-5-6-16-14(8-12)10-17(22-16)18(20)21;;/h3-9,11H,10H2,1-2H3;2-8,10H,9H2,1H3,(H,20,21);;1H2/q;;+1;/p-1. The van der Waals surface area contributed by atoms with Crippen LogP contribution in [0.25, 0.3) is 20.2 Å². The van der Waals surface area contributed by atoms with Crippen LogP contribution in [0.4, 0.5) is 0 Å². The van der Waals surface area contributed by atoms with Gasteiger partial charge in [0.2, 0.25) is 0 Å². The van der Waals surface area contributed by atoms with Crippen LogP contribution < -0.4 is 29.6 Å². The van der Waals surface area contributed by atoms with Crippen LogP contribution in [0, 0.1) is 13.8 Å². The summed E-state index contributed by atoms with van der Waals surface area (Å²) in [6.45, 7) is 3.93. The quantitative estimate of drug-likeness (QED) is 0.127. The number of aromatic carboxylic acids is 1. The van der Waals surface area contributed by atoms with Crippen LogP contribution in [0.15, 0.2) is 97.1 Å². The predicted molar refractivity (Wildman–Crippen MR) is 182 cm³/mol. The molecule has 0 bridgehead atoms. The topological polar surface area (TPSA) is 128 Å². The minimum absolute atomic E-state index is 0. The van der Waals surface area contributed by atoms with Crippen molar-refractivity contribution in [3.63, 3.8) is 0 Å². The minimum Gasteiger partial charge on any atom is -0.870 e. The Bertz CT molecular complexity index is 2080. The minimum atomic E-state index is -0.918. The Morgan fingerprint density at radius 3 is 1.51 bits per heavy atom. The van der Waals surface area contributed by atoms with Crippen LogP contribution in [-0.4, -0.2) is 41.2 Å². The first-order chi connectivity index (χ1) is 21.6. The molecule has 6 rings (SSSR count). The summed E-state index contributed by atoms with van der Waals surface area (Å²) in [6, 6.07) is 30.1. The molecule has 47 heavy (non-hydrogen) atoms. The maximum atomic E-state index is 12.4. The maximum Gasteiger partial charge on any atom is 1.00 e. The second-order valence-electron chi connectivity index (χ2n) is 10.7. The molecule has 0 aliphatic heterocycles. The van der Waals surface area contributed by atoms with E-state index in [9.17, 15) is 19.2 Å². The molecule has 0 atom stereocenters. The number of rotatable bonds is 8. The van der Waals surface area contributed by atoms with Gasteiger partial charge in [0.15, 0.2) is 11.6 Å². The third-order valence-corrected chi connectivity index (χ3v) is 9.37. The molecule has 2 aromatic heterocycles. The number of carbonyl (C=O) groups excluding carboxylic acids is 3. The molecular weight excluding hydrogens is 644 g/mol. The van der Waals surface area contributed by atoms with Gasteiger partial charge in [0, 0.05) is 33.4 Å². The van der Waals surface area contributed by atoms with E-state index in [-0.39, 0.29) is 52.6 Å². The number of esters is 1. The average Bonchev–Trinajstić information content (AvgIpc) is 3.65. The molecule has 7 nitrogen and oxygen atoms in total. The number of methoxy groups -OCH3 is 1. The fourth-order valence-corrected chi connectivity index (χ4v) is 6.77. The molecule has 0 spiro atoms. The number of Topliss-reactive ketones (excluding diaryl/α,β-unsaturated/α-hetero) is 2. The van der Waals surface area contributed by atoms with Crippen LogP contribution in [0.1, 0.15) is 62.3 Å². The van der Waals surface area contributed by atoms with Crippen molar-refractivity contribution in [2.75, 3.05) is 7.11 Å². The third kappa shape index (κ3) is 9.54. The molecule has 4 aromatic carbocycles. The Kier molecular flexibility index (Phi) is 13.4. The molecule has 10 heteroatoms. The van der Waals surface area contributed by atoms with Crippen LogP contribution >= 0.6 is 22.7 Å². The first-order valence-electron chi connectivity index (χ1n) is 14.2. The van der Waals surface area contributed by atoms with Crippen molar-refractivity contribution in [2.24, 2.45) is 0 Å². The van der Waals surface area contributed by atoms with E-state index in [1.165, 1.54) is 29.8 Å². The van der Waals surface area contributed by atoms with Gasteiger partial charge in [0.1, 0.15) is 9.75 Å². The average molecular weight is 675 g/mol. The molecule has 2 N–H and O–H groups in total. The molecule has 6 aromatic rings. The maximum absolute atomic E-state index is 12.4. The number of carbonyl (C=O) groups is 4. The Hall–Kier alpha value is -3.96. The zero-order valence-electron chi connectivity index (χ0n) is 26.4. The van der Waals surface area contributed by atoms with Crippen molar-refractivity contribution in [1.29, 1.82) is 0 Å². The number of hydrogen-bond acceptors (Lipinski definition) is 8. The number of carboxylic acids is 1. The van der Waals surface area contributed by atoms with Crippen LogP contribution in [0.3, 0.4) is 0 Å². The first kappa shape index (κ1) is 37.5. The molecule has 0 fully saturated rings. The predicted octanol–water partition coefficient (Wildman–Crippen LogP) is 5.58. The van der Waals surface area contributed by atoms with Crippen LogP contribution in [0.5, 0.6) is 0 Å². The van der Waals surface area contributed by atoms with Crippen molar-refractivity contribution in [1.82, 2.24) is 0 Å². The third-order valence-electron chi connectivity index (χ3n) is 7.17. The van der Waals surface area contributed by atoms with Gasteiger partial charge >= 0.3 is 41.5 Å². The number of thiophene rings is 2.